The number of hydrogen-bond acceptors (Lipinski definition) is 5. The lowest BCUT2D eigenvalue weighted by molar-refractivity contribution is 0.230. The molecule has 0 amide bonds. The molecule has 17 heavy (non-hydrogen) atoms. The third-order valence-corrected chi connectivity index (χ3v) is 2.92. The third-order valence-electron chi connectivity index (χ3n) is 2.92. The molecule has 0 atom stereocenters. The molecule has 2 heterocycles. The highest BCUT2D eigenvalue weighted by molar-refractivity contribution is 5.16. The second-order valence-electron chi connectivity index (χ2n) is 4.20. The predicted octanol–water partition coefficient (Wildman–Crippen LogP) is 0.453. The summed E-state index contributed by atoms with van der Waals surface area (Å²) in [4.78, 5) is 11.2. The molecule has 5 nitrogen and oxygen atoms in total. The van der Waals surface area contributed by atoms with Crippen LogP contribution < -0.4 is 10.1 Å². The fourth-order valence-electron chi connectivity index (χ4n) is 1.97. The number of aromatic nitrogens is 2. The van der Waals surface area contributed by atoms with Crippen molar-refractivity contribution in [1.29, 1.82) is 0 Å². The van der Waals surface area contributed by atoms with E-state index in [1.165, 1.54) is 0 Å². The van der Waals surface area contributed by atoms with Crippen LogP contribution >= 0.6 is 0 Å². The van der Waals surface area contributed by atoms with E-state index in [1.807, 2.05) is 6.07 Å². The van der Waals surface area contributed by atoms with Crippen LogP contribution in [0.2, 0.25) is 0 Å². The Kier molecular flexibility index (Phi) is 4.28. The van der Waals surface area contributed by atoms with E-state index in [2.05, 4.69) is 27.1 Å². The lowest BCUT2D eigenvalue weighted by Crippen LogP contribution is -2.43. The monoisotopic (exact) mass is 236 g/mol. The predicted molar refractivity (Wildman–Crippen MR) is 66.1 cm³/mol. The zero-order valence-corrected chi connectivity index (χ0v) is 10.6. The molecule has 2 rings (SSSR count). The summed E-state index contributed by atoms with van der Waals surface area (Å²) in [7, 11) is 1.65. The SMILES string of the molecule is CCc1nc(CN2CCNCC2)cc(OC)n1. The number of nitrogens with zero attached hydrogens (tertiary/aromatic N) is 3. The van der Waals surface area contributed by atoms with Crippen molar-refractivity contribution >= 4 is 0 Å². The van der Waals surface area contributed by atoms with E-state index in [1.54, 1.807) is 7.11 Å². The maximum Gasteiger partial charge on any atom is 0.216 e. The summed E-state index contributed by atoms with van der Waals surface area (Å²) in [6.45, 7) is 7.21. The lowest BCUT2D eigenvalue weighted by Gasteiger charge is -2.26. The van der Waals surface area contributed by atoms with Crippen molar-refractivity contribution in [3.8, 4) is 5.88 Å². The average Bonchev–Trinajstić information content (AvgIpc) is 2.39. The Bertz CT molecular complexity index is 341. The molecule has 0 spiro atoms. The maximum absolute atomic E-state index is 5.20. The van der Waals surface area contributed by atoms with Crippen LogP contribution in [0.4, 0.5) is 0 Å². The van der Waals surface area contributed by atoms with Crippen molar-refractivity contribution in [3.63, 3.8) is 0 Å². The van der Waals surface area contributed by atoms with Gasteiger partial charge in [-0.1, -0.05) is 6.92 Å². The fraction of sp³-hybridized carbons (Fsp3) is 0.667. The van der Waals surface area contributed by atoms with Gasteiger partial charge in [-0.25, -0.2) is 4.98 Å². The second-order valence-corrected chi connectivity index (χ2v) is 4.20. The molecule has 1 fully saturated rings. The van der Waals surface area contributed by atoms with Gasteiger partial charge in [0.25, 0.3) is 0 Å². The van der Waals surface area contributed by atoms with E-state index in [0.29, 0.717) is 5.88 Å². The van der Waals surface area contributed by atoms with Gasteiger partial charge in [-0.05, 0) is 0 Å². The molecule has 5 heteroatoms. The van der Waals surface area contributed by atoms with Gasteiger partial charge in [0.2, 0.25) is 5.88 Å². The van der Waals surface area contributed by atoms with Crippen LogP contribution in [0.1, 0.15) is 18.4 Å². The normalized spacial score (nSPS) is 17.1. The first-order chi connectivity index (χ1) is 8.31. The molecule has 0 unspecified atom stereocenters. The Morgan fingerprint density at radius 2 is 2.12 bits per heavy atom. The van der Waals surface area contributed by atoms with Crippen molar-refractivity contribution in [2.45, 2.75) is 19.9 Å². The van der Waals surface area contributed by atoms with Crippen LogP contribution in [0.15, 0.2) is 6.07 Å². The molecule has 1 aromatic heterocycles. The number of nitrogens with one attached hydrogen (secondary N) is 1. The first-order valence-electron chi connectivity index (χ1n) is 6.15. The van der Waals surface area contributed by atoms with Crippen LogP contribution in [0.25, 0.3) is 0 Å². The van der Waals surface area contributed by atoms with Crippen molar-refractivity contribution in [3.05, 3.63) is 17.6 Å². The van der Waals surface area contributed by atoms with Gasteiger partial charge >= 0.3 is 0 Å². The Morgan fingerprint density at radius 1 is 1.35 bits per heavy atom. The number of ether oxygens (including phenoxy) is 1. The Labute approximate surface area is 102 Å². The van der Waals surface area contributed by atoms with E-state index in [-0.39, 0.29) is 0 Å². The number of aryl methyl sites for hydroxylation is 1. The van der Waals surface area contributed by atoms with E-state index in [9.17, 15) is 0 Å². The van der Waals surface area contributed by atoms with Crippen molar-refractivity contribution in [2.24, 2.45) is 0 Å². The van der Waals surface area contributed by atoms with E-state index < -0.39 is 0 Å². The molecule has 0 bridgehead atoms. The topological polar surface area (TPSA) is 50.3 Å². The summed E-state index contributed by atoms with van der Waals surface area (Å²) in [5.41, 5.74) is 1.05. The van der Waals surface area contributed by atoms with E-state index in [0.717, 1.165) is 50.7 Å². The smallest absolute Gasteiger partial charge is 0.216 e. The third kappa shape index (κ3) is 3.38. The molecule has 0 radical (unpaired) electrons. The second kappa shape index (κ2) is 5.93. The fourth-order valence-corrected chi connectivity index (χ4v) is 1.97. The summed E-state index contributed by atoms with van der Waals surface area (Å²) in [5.74, 6) is 1.52. The number of methoxy groups -OCH3 is 1. The van der Waals surface area contributed by atoms with Gasteiger partial charge in [-0.15, -0.1) is 0 Å². The molecule has 1 saturated heterocycles. The zero-order chi connectivity index (χ0) is 12.1. The average molecular weight is 236 g/mol. The molecule has 1 aliphatic heterocycles. The molecule has 1 N–H and O–H groups in total. The first-order valence-corrected chi connectivity index (χ1v) is 6.15. The van der Waals surface area contributed by atoms with Crippen LogP contribution in [-0.2, 0) is 13.0 Å². The summed E-state index contributed by atoms with van der Waals surface area (Å²) < 4.78 is 5.20. The lowest BCUT2D eigenvalue weighted by atomic mass is 10.3. The minimum atomic E-state index is 0.669. The molecule has 1 aromatic rings. The number of hydrogen-bond donors (Lipinski definition) is 1. The van der Waals surface area contributed by atoms with Gasteiger partial charge < -0.3 is 10.1 Å². The molecule has 94 valence electrons. The Hall–Kier alpha value is -1.20. The summed E-state index contributed by atoms with van der Waals surface area (Å²) >= 11 is 0. The van der Waals surface area contributed by atoms with Crippen molar-refractivity contribution in [2.75, 3.05) is 33.3 Å². The van der Waals surface area contributed by atoms with Gasteiger partial charge in [0.15, 0.2) is 0 Å². The molecule has 0 saturated carbocycles. The van der Waals surface area contributed by atoms with Crippen LogP contribution in [0.5, 0.6) is 5.88 Å². The van der Waals surface area contributed by atoms with Gasteiger partial charge in [0, 0.05) is 45.2 Å². The van der Waals surface area contributed by atoms with Gasteiger partial charge in [0.05, 0.1) is 12.8 Å². The quantitative estimate of drug-likeness (QED) is 0.822. The maximum atomic E-state index is 5.20. The molecule has 0 aromatic carbocycles. The summed E-state index contributed by atoms with van der Waals surface area (Å²) in [5, 5.41) is 3.35. The minimum absolute atomic E-state index is 0.669. The highest BCUT2D eigenvalue weighted by Gasteiger charge is 2.12. The summed E-state index contributed by atoms with van der Waals surface area (Å²) in [6, 6.07) is 1.93. The van der Waals surface area contributed by atoms with E-state index in [4.69, 9.17) is 4.74 Å². The highest BCUT2D eigenvalue weighted by Crippen LogP contribution is 2.11. The van der Waals surface area contributed by atoms with Crippen molar-refractivity contribution < 1.29 is 4.74 Å². The van der Waals surface area contributed by atoms with Crippen LogP contribution in [0.3, 0.4) is 0 Å². The van der Waals surface area contributed by atoms with E-state index >= 15 is 0 Å². The van der Waals surface area contributed by atoms with Crippen LogP contribution in [0, 0.1) is 0 Å². The molecular weight excluding hydrogens is 216 g/mol. The largest absolute Gasteiger partial charge is 0.481 e. The first kappa shape index (κ1) is 12.3. The van der Waals surface area contributed by atoms with Gasteiger partial charge in [-0.2, -0.15) is 4.98 Å². The zero-order valence-electron chi connectivity index (χ0n) is 10.6. The molecule has 1 aliphatic rings. The molecule has 0 aliphatic carbocycles. The summed E-state index contributed by atoms with van der Waals surface area (Å²) in [6.07, 6.45) is 0.839. The Morgan fingerprint density at radius 3 is 2.76 bits per heavy atom. The highest BCUT2D eigenvalue weighted by atomic mass is 16.5. The van der Waals surface area contributed by atoms with Crippen LogP contribution in [-0.4, -0.2) is 48.2 Å². The minimum Gasteiger partial charge on any atom is -0.481 e. The Balaban J connectivity index is 2.07. The number of piperazine rings is 1. The standard InChI is InChI=1S/C12H20N4O/c1-3-11-14-10(8-12(15-11)17-2)9-16-6-4-13-5-7-16/h8,13H,3-7,9H2,1-2H3. The van der Waals surface area contributed by atoms with Gasteiger partial charge in [0.1, 0.15) is 5.82 Å². The molecular formula is C12H20N4O. The number of rotatable bonds is 4. The van der Waals surface area contributed by atoms with Gasteiger partial charge in [-0.3, -0.25) is 4.90 Å². The van der Waals surface area contributed by atoms with Crippen molar-refractivity contribution in [1.82, 2.24) is 20.2 Å².